The van der Waals surface area contributed by atoms with Gasteiger partial charge in [-0.2, -0.15) is 0 Å². The summed E-state index contributed by atoms with van der Waals surface area (Å²) in [5.41, 5.74) is 0. The fourth-order valence-corrected chi connectivity index (χ4v) is 5.50. The highest BCUT2D eigenvalue weighted by Crippen LogP contribution is 2.46. The molecule has 1 aliphatic heterocycles. The molecule has 27 heavy (non-hydrogen) atoms. The number of hydrogen-bond acceptors (Lipinski definition) is 3. The molecule has 2 saturated carbocycles. The Labute approximate surface area is 164 Å². The van der Waals surface area contributed by atoms with Crippen LogP contribution in [0.1, 0.15) is 44.3 Å². The minimum atomic E-state index is 0.882. The average molecular weight is 373 g/mol. The van der Waals surface area contributed by atoms with Gasteiger partial charge < -0.3 is 14.8 Å². The van der Waals surface area contributed by atoms with Gasteiger partial charge >= 0.3 is 0 Å². The van der Waals surface area contributed by atoms with Crippen LogP contribution in [0, 0.1) is 18.8 Å². The van der Waals surface area contributed by atoms with Crippen molar-refractivity contribution in [3.8, 4) is 0 Å². The third-order valence-electron chi connectivity index (χ3n) is 7.03. The number of fused-ring (bicyclic) bond motifs is 2. The van der Waals surface area contributed by atoms with E-state index in [2.05, 4.69) is 42.8 Å². The van der Waals surface area contributed by atoms with E-state index in [0.717, 1.165) is 62.3 Å². The average Bonchev–Trinajstić information content (AvgIpc) is 3.42. The Hall–Kier alpha value is -1.56. The van der Waals surface area contributed by atoms with Crippen LogP contribution in [-0.2, 0) is 6.54 Å². The van der Waals surface area contributed by atoms with Crippen molar-refractivity contribution in [1.82, 2.24) is 24.7 Å². The number of piperazine rings is 1. The molecule has 3 aliphatic rings. The van der Waals surface area contributed by atoms with Crippen LogP contribution >= 0.6 is 0 Å². The lowest BCUT2D eigenvalue weighted by atomic mass is 9.93. The zero-order chi connectivity index (χ0) is 18.6. The summed E-state index contributed by atoms with van der Waals surface area (Å²) in [6.45, 7) is 8.74. The van der Waals surface area contributed by atoms with Crippen LogP contribution in [0.25, 0.3) is 0 Å². The molecule has 2 heterocycles. The first kappa shape index (κ1) is 18.8. The topological polar surface area (TPSA) is 48.7 Å². The van der Waals surface area contributed by atoms with Gasteiger partial charge in [-0.05, 0) is 50.9 Å². The standard InChI is InChI=1S/C21H36N6/c1-17-23-8-10-25(17)9-4-3-7-24-21(22-2)27-13-11-26(12-14-27)20-16-18-5-6-19(20)15-18/h8,10,18-20H,3-7,9,11-16H2,1-2H3,(H,22,24). The molecule has 1 aromatic heterocycles. The van der Waals surface area contributed by atoms with Gasteiger partial charge in [-0.25, -0.2) is 4.98 Å². The highest BCUT2D eigenvalue weighted by atomic mass is 15.4. The van der Waals surface area contributed by atoms with Crippen LogP contribution in [-0.4, -0.2) is 71.1 Å². The van der Waals surface area contributed by atoms with Gasteiger partial charge in [0.05, 0.1) is 0 Å². The molecule has 3 unspecified atom stereocenters. The third-order valence-corrected chi connectivity index (χ3v) is 7.03. The van der Waals surface area contributed by atoms with Gasteiger partial charge in [0.1, 0.15) is 5.82 Å². The molecule has 0 aromatic carbocycles. The van der Waals surface area contributed by atoms with Gasteiger partial charge in [0, 0.05) is 64.8 Å². The van der Waals surface area contributed by atoms with Crippen molar-refractivity contribution in [2.45, 2.75) is 58.0 Å². The van der Waals surface area contributed by atoms with Crippen molar-refractivity contribution in [1.29, 1.82) is 0 Å². The third kappa shape index (κ3) is 4.31. The Morgan fingerprint density at radius 3 is 2.67 bits per heavy atom. The zero-order valence-corrected chi connectivity index (χ0v) is 17.1. The molecular formula is C21H36N6. The van der Waals surface area contributed by atoms with Crippen LogP contribution in [0.5, 0.6) is 0 Å². The van der Waals surface area contributed by atoms with Crippen LogP contribution in [0.4, 0.5) is 0 Å². The Bertz CT molecular complexity index is 630. The Morgan fingerprint density at radius 1 is 1.19 bits per heavy atom. The molecule has 6 nitrogen and oxygen atoms in total. The number of unbranched alkanes of at least 4 members (excludes halogenated alkanes) is 1. The smallest absolute Gasteiger partial charge is 0.193 e. The van der Waals surface area contributed by atoms with E-state index < -0.39 is 0 Å². The molecule has 2 bridgehead atoms. The van der Waals surface area contributed by atoms with E-state index in [1.54, 1.807) is 0 Å². The summed E-state index contributed by atoms with van der Waals surface area (Å²) in [5.74, 6) is 4.23. The van der Waals surface area contributed by atoms with Gasteiger partial charge in [-0.3, -0.25) is 9.89 Å². The molecule has 150 valence electrons. The SMILES string of the molecule is CN=C(NCCCCn1ccnc1C)N1CCN(C2CC3CCC2C3)CC1. The van der Waals surface area contributed by atoms with E-state index in [-0.39, 0.29) is 0 Å². The summed E-state index contributed by atoms with van der Waals surface area (Å²) >= 11 is 0. The van der Waals surface area contributed by atoms with Crippen LogP contribution in [0.2, 0.25) is 0 Å². The number of nitrogens with zero attached hydrogens (tertiary/aromatic N) is 5. The molecular weight excluding hydrogens is 336 g/mol. The first-order valence-corrected chi connectivity index (χ1v) is 10.9. The molecule has 6 heteroatoms. The number of hydrogen-bond donors (Lipinski definition) is 1. The number of nitrogens with one attached hydrogen (secondary N) is 1. The molecule has 4 rings (SSSR count). The van der Waals surface area contributed by atoms with E-state index >= 15 is 0 Å². The summed E-state index contributed by atoms with van der Waals surface area (Å²) in [6, 6.07) is 0.882. The van der Waals surface area contributed by atoms with Crippen molar-refractivity contribution in [2.75, 3.05) is 39.8 Å². The van der Waals surface area contributed by atoms with Crippen LogP contribution < -0.4 is 5.32 Å². The van der Waals surface area contributed by atoms with Crippen molar-refractivity contribution >= 4 is 5.96 Å². The van der Waals surface area contributed by atoms with Gasteiger partial charge in [-0.1, -0.05) is 6.42 Å². The second-order valence-corrected chi connectivity index (χ2v) is 8.61. The highest BCUT2D eigenvalue weighted by Gasteiger charge is 2.42. The summed E-state index contributed by atoms with van der Waals surface area (Å²) in [6.07, 6.45) is 12.2. The van der Waals surface area contributed by atoms with E-state index in [9.17, 15) is 0 Å². The van der Waals surface area contributed by atoms with Gasteiger partial charge in [0.15, 0.2) is 5.96 Å². The molecule has 3 fully saturated rings. The monoisotopic (exact) mass is 372 g/mol. The fraction of sp³-hybridized carbons (Fsp3) is 0.810. The highest BCUT2D eigenvalue weighted by molar-refractivity contribution is 5.79. The summed E-state index contributed by atoms with van der Waals surface area (Å²) < 4.78 is 2.23. The first-order valence-electron chi connectivity index (χ1n) is 10.9. The minimum Gasteiger partial charge on any atom is -0.356 e. The quantitative estimate of drug-likeness (QED) is 0.473. The van der Waals surface area contributed by atoms with Crippen LogP contribution in [0.15, 0.2) is 17.4 Å². The van der Waals surface area contributed by atoms with Crippen molar-refractivity contribution in [3.63, 3.8) is 0 Å². The van der Waals surface area contributed by atoms with E-state index in [4.69, 9.17) is 0 Å². The second kappa shape index (κ2) is 8.63. The Morgan fingerprint density at radius 2 is 2.04 bits per heavy atom. The summed E-state index contributed by atoms with van der Waals surface area (Å²) in [5, 5.41) is 3.58. The molecule has 0 spiro atoms. The lowest BCUT2D eigenvalue weighted by molar-refractivity contribution is 0.0958. The van der Waals surface area contributed by atoms with Crippen molar-refractivity contribution in [3.05, 3.63) is 18.2 Å². The largest absolute Gasteiger partial charge is 0.356 e. The van der Waals surface area contributed by atoms with Crippen molar-refractivity contribution < 1.29 is 0 Å². The maximum Gasteiger partial charge on any atom is 0.193 e. The molecule has 3 atom stereocenters. The number of aliphatic imine (C=N–C) groups is 1. The van der Waals surface area contributed by atoms with Gasteiger partial charge in [0.25, 0.3) is 0 Å². The van der Waals surface area contributed by atoms with Crippen molar-refractivity contribution in [2.24, 2.45) is 16.8 Å². The van der Waals surface area contributed by atoms with E-state index in [0.29, 0.717) is 0 Å². The first-order chi connectivity index (χ1) is 13.2. The van der Waals surface area contributed by atoms with Crippen LogP contribution in [0.3, 0.4) is 0 Å². The second-order valence-electron chi connectivity index (χ2n) is 8.61. The number of rotatable bonds is 6. The van der Waals surface area contributed by atoms with E-state index in [1.165, 1.54) is 45.2 Å². The number of aromatic nitrogens is 2. The molecule has 2 aliphatic carbocycles. The molecule has 0 amide bonds. The fourth-order valence-electron chi connectivity index (χ4n) is 5.50. The minimum absolute atomic E-state index is 0.882. The predicted molar refractivity (Wildman–Crippen MR) is 110 cm³/mol. The molecule has 1 aromatic rings. The molecule has 1 N–H and O–H groups in total. The number of imidazole rings is 1. The predicted octanol–water partition coefficient (Wildman–Crippen LogP) is 2.35. The Kier molecular flexibility index (Phi) is 6.01. The summed E-state index contributed by atoms with van der Waals surface area (Å²) in [7, 11) is 1.92. The normalized spacial score (nSPS) is 28.9. The van der Waals surface area contributed by atoms with E-state index in [1.807, 2.05) is 13.2 Å². The number of aryl methyl sites for hydroxylation is 2. The lowest BCUT2D eigenvalue weighted by Crippen LogP contribution is -2.55. The van der Waals surface area contributed by atoms with Gasteiger partial charge in [-0.15, -0.1) is 0 Å². The maximum absolute atomic E-state index is 4.53. The maximum atomic E-state index is 4.53. The lowest BCUT2D eigenvalue weighted by Gasteiger charge is -2.42. The zero-order valence-electron chi connectivity index (χ0n) is 17.1. The van der Waals surface area contributed by atoms with Gasteiger partial charge in [0.2, 0.25) is 0 Å². The molecule has 1 saturated heterocycles. The summed E-state index contributed by atoms with van der Waals surface area (Å²) in [4.78, 5) is 14.0. The molecule has 0 radical (unpaired) electrons. The Balaban J connectivity index is 1.15. The number of guanidine groups is 1.